The molecule has 0 aliphatic carbocycles. The molecule has 0 aliphatic rings. The van der Waals surface area contributed by atoms with Crippen LogP contribution in [-0.2, 0) is 0 Å². The average molecular weight is 195 g/mol. The minimum absolute atomic E-state index is 0.333. The van der Waals surface area contributed by atoms with Crippen molar-refractivity contribution in [3.05, 3.63) is 24.0 Å². The minimum Gasteiger partial charge on any atom is -0.388 e. The summed E-state index contributed by atoms with van der Waals surface area (Å²) in [4.78, 5) is 4.37. The first-order valence-electron chi connectivity index (χ1n) is 4.23. The molecule has 1 rings (SSSR count). The molecule has 0 unspecified atom stereocenters. The smallest absolute Gasteiger partial charge is 0.122 e. The van der Waals surface area contributed by atoms with Crippen molar-refractivity contribution in [2.75, 3.05) is 11.9 Å². The molecule has 3 nitrogen and oxygen atoms in total. The Bertz CT molecular complexity index is 299. The molecule has 1 aromatic heterocycles. The van der Waals surface area contributed by atoms with E-state index in [-0.39, 0.29) is 0 Å². The van der Waals surface area contributed by atoms with Crippen LogP contribution in [0.4, 0.5) is 5.69 Å². The molecule has 1 heterocycles. The number of nitrogens with one attached hydrogen (secondary N) is 1. The first kappa shape index (κ1) is 9.92. The number of aromatic nitrogens is 1. The minimum atomic E-state index is 0.333. The van der Waals surface area contributed by atoms with Crippen molar-refractivity contribution in [1.29, 1.82) is 0 Å². The fourth-order valence-corrected chi connectivity index (χ4v) is 1.06. The molecule has 0 fully saturated rings. The molecule has 0 bridgehead atoms. The molecule has 0 aliphatic heterocycles. The van der Waals surface area contributed by atoms with E-state index in [1.165, 1.54) is 0 Å². The number of nitrogens with two attached hydrogens (primary N) is 1. The summed E-state index contributed by atoms with van der Waals surface area (Å²) in [6.45, 7) is 3.06. The summed E-state index contributed by atoms with van der Waals surface area (Å²) in [7, 11) is 0. The lowest BCUT2D eigenvalue weighted by Crippen LogP contribution is -2.12. The second-order valence-corrected chi connectivity index (χ2v) is 3.16. The number of hydrogen-bond acceptors (Lipinski definition) is 3. The maximum Gasteiger partial charge on any atom is 0.122 e. The van der Waals surface area contributed by atoms with Gasteiger partial charge in [0.05, 0.1) is 5.69 Å². The fourth-order valence-electron chi connectivity index (χ4n) is 0.945. The van der Waals surface area contributed by atoms with E-state index >= 15 is 0 Å². The molecule has 1 aromatic rings. The van der Waals surface area contributed by atoms with E-state index in [0.29, 0.717) is 10.7 Å². The van der Waals surface area contributed by atoms with Gasteiger partial charge in [0.2, 0.25) is 0 Å². The summed E-state index contributed by atoms with van der Waals surface area (Å²) in [5.74, 6) is 0. The topological polar surface area (TPSA) is 50.9 Å². The van der Waals surface area contributed by atoms with Gasteiger partial charge in [0.1, 0.15) is 4.99 Å². The van der Waals surface area contributed by atoms with Crippen molar-refractivity contribution < 1.29 is 0 Å². The van der Waals surface area contributed by atoms with Crippen LogP contribution in [0, 0.1) is 0 Å². The Morgan fingerprint density at radius 3 is 3.08 bits per heavy atom. The van der Waals surface area contributed by atoms with E-state index in [2.05, 4.69) is 17.2 Å². The highest BCUT2D eigenvalue weighted by Crippen LogP contribution is 2.07. The van der Waals surface area contributed by atoms with Crippen molar-refractivity contribution in [3.63, 3.8) is 0 Å². The molecule has 0 saturated heterocycles. The molecule has 0 atom stereocenters. The zero-order chi connectivity index (χ0) is 9.68. The van der Waals surface area contributed by atoms with Crippen LogP contribution >= 0.6 is 12.2 Å². The second kappa shape index (κ2) is 4.77. The van der Waals surface area contributed by atoms with E-state index in [0.717, 1.165) is 18.7 Å². The molecule has 0 saturated carbocycles. The Morgan fingerprint density at radius 1 is 1.69 bits per heavy atom. The van der Waals surface area contributed by atoms with Crippen LogP contribution in [0.2, 0.25) is 0 Å². The second-order valence-electron chi connectivity index (χ2n) is 2.72. The molecule has 0 radical (unpaired) electrons. The van der Waals surface area contributed by atoms with Crippen LogP contribution in [0.25, 0.3) is 0 Å². The lowest BCUT2D eigenvalue weighted by Gasteiger charge is -2.05. The quantitative estimate of drug-likeness (QED) is 0.715. The third kappa shape index (κ3) is 2.99. The van der Waals surface area contributed by atoms with Gasteiger partial charge >= 0.3 is 0 Å². The molecule has 13 heavy (non-hydrogen) atoms. The maximum atomic E-state index is 5.45. The molecule has 70 valence electrons. The van der Waals surface area contributed by atoms with Crippen LogP contribution in [0.5, 0.6) is 0 Å². The van der Waals surface area contributed by atoms with Crippen molar-refractivity contribution in [1.82, 2.24) is 4.98 Å². The number of anilines is 1. The van der Waals surface area contributed by atoms with Gasteiger partial charge in [-0.25, -0.2) is 0 Å². The lowest BCUT2D eigenvalue weighted by molar-refractivity contribution is 0.978. The van der Waals surface area contributed by atoms with E-state index < -0.39 is 0 Å². The first-order valence-corrected chi connectivity index (χ1v) is 4.64. The Kier molecular flexibility index (Phi) is 3.64. The molecular weight excluding hydrogens is 182 g/mol. The van der Waals surface area contributed by atoms with Crippen LogP contribution in [0.3, 0.4) is 0 Å². The predicted molar refractivity (Wildman–Crippen MR) is 58.9 cm³/mol. The Morgan fingerprint density at radius 2 is 2.46 bits per heavy atom. The third-order valence-electron chi connectivity index (χ3n) is 1.59. The van der Waals surface area contributed by atoms with Crippen LogP contribution in [0.1, 0.15) is 19.0 Å². The normalized spacial score (nSPS) is 9.62. The van der Waals surface area contributed by atoms with Crippen LogP contribution in [0.15, 0.2) is 18.3 Å². The van der Waals surface area contributed by atoms with Crippen LogP contribution < -0.4 is 11.1 Å². The highest BCUT2D eigenvalue weighted by Gasteiger charge is 1.98. The molecule has 0 spiro atoms. The van der Waals surface area contributed by atoms with Gasteiger partial charge in [-0.2, -0.15) is 0 Å². The van der Waals surface area contributed by atoms with Gasteiger partial charge in [0, 0.05) is 18.4 Å². The summed E-state index contributed by atoms with van der Waals surface area (Å²) < 4.78 is 0. The molecule has 4 heteroatoms. The van der Waals surface area contributed by atoms with Crippen molar-refractivity contribution >= 4 is 22.9 Å². The highest BCUT2D eigenvalue weighted by molar-refractivity contribution is 7.80. The average Bonchev–Trinajstić information content (AvgIpc) is 2.15. The van der Waals surface area contributed by atoms with Gasteiger partial charge in [0.25, 0.3) is 0 Å². The SMILES string of the molecule is CCCNc1ccnc(C(N)=S)c1. The molecule has 0 aromatic carbocycles. The standard InChI is InChI=1S/C9H13N3S/c1-2-4-11-7-3-5-12-8(6-7)9(10)13/h3,5-6H,2,4H2,1H3,(H2,10,13)(H,11,12). The fraction of sp³-hybridized carbons (Fsp3) is 0.333. The van der Waals surface area contributed by atoms with Crippen LogP contribution in [-0.4, -0.2) is 16.5 Å². The van der Waals surface area contributed by atoms with E-state index in [4.69, 9.17) is 18.0 Å². The molecule has 0 amide bonds. The summed E-state index contributed by atoms with van der Waals surface area (Å²) >= 11 is 4.82. The first-order chi connectivity index (χ1) is 6.24. The van der Waals surface area contributed by atoms with E-state index in [1.54, 1.807) is 6.20 Å². The van der Waals surface area contributed by atoms with Gasteiger partial charge in [-0.05, 0) is 18.6 Å². The van der Waals surface area contributed by atoms with E-state index in [9.17, 15) is 0 Å². The van der Waals surface area contributed by atoms with Gasteiger partial charge in [0.15, 0.2) is 0 Å². The van der Waals surface area contributed by atoms with Gasteiger partial charge in [-0.15, -0.1) is 0 Å². The molecular formula is C9H13N3S. The largest absolute Gasteiger partial charge is 0.388 e. The lowest BCUT2D eigenvalue weighted by atomic mass is 10.3. The van der Waals surface area contributed by atoms with Gasteiger partial charge in [-0.1, -0.05) is 19.1 Å². The number of rotatable bonds is 4. The Hall–Kier alpha value is -1.16. The number of pyridine rings is 1. The predicted octanol–water partition coefficient (Wildman–Crippen LogP) is 1.54. The van der Waals surface area contributed by atoms with Crippen molar-refractivity contribution in [2.45, 2.75) is 13.3 Å². The summed E-state index contributed by atoms with van der Waals surface area (Å²) in [5, 5.41) is 3.23. The number of thiocarbonyl (C=S) groups is 1. The summed E-state index contributed by atoms with van der Waals surface area (Å²) in [6.07, 6.45) is 2.79. The third-order valence-corrected chi connectivity index (χ3v) is 1.80. The monoisotopic (exact) mass is 195 g/mol. The summed E-state index contributed by atoms with van der Waals surface area (Å²) in [5.41, 5.74) is 7.13. The van der Waals surface area contributed by atoms with E-state index in [1.807, 2.05) is 12.1 Å². The maximum absolute atomic E-state index is 5.45. The number of nitrogens with zero attached hydrogens (tertiary/aromatic N) is 1. The van der Waals surface area contributed by atoms with Gasteiger partial charge < -0.3 is 11.1 Å². The molecule has 3 N–H and O–H groups in total. The zero-order valence-electron chi connectivity index (χ0n) is 7.58. The van der Waals surface area contributed by atoms with Crippen molar-refractivity contribution in [3.8, 4) is 0 Å². The van der Waals surface area contributed by atoms with Gasteiger partial charge in [-0.3, -0.25) is 4.98 Å². The highest BCUT2D eigenvalue weighted by atomic mass is 32.1. The Balaban J connectivity index is 2.73. The zero-order valence-corrected chi connectivity index (χ0v) is 8.40. The summed E-state index contributed by atoms with van der Waals surface area (Å²) in [6, 6.07) is 3.76. The number of hydrogen-bond donors (Lipinski definition) is 2. The Labute approximate surface area is 83.4 Å². The van der Waals surface area contributed by atoms with Crippen molar-refractivity contribution in [2.24, 2.45) is 5.73 Å².